The zero-order valence-corrected chi connectivity index (χ0v) is 22.5. The number of nitrogens with zero attached hydrogens (tertiary/aromatic N) is 1. The maximum absolute atomic E-state index is 13.2. The van der Waals surface area contributed by atoms with E-state index in [0.29, 0.717) is 27.6 Å². The number of amides is 5. The normalized spacial score (nSPS) is 14.3. The van der Waals surface area contributed by atoms with Gasteiger partial charge >= 0.3 is 6.03 Å². The summed E-state index contributed by atoms with van der Waals surface area (Å²) in [6.07, 6.45) is 1.34. The van der Waals surface area contributed by atoms with E-state index in [0.717, 1.165) is 16.0 Å². The molecule has 4 rings (SSSR count). The van der Waals surface area contributed by atoms with E-state index in [-0.39, 0.29) is 29.5 Å². The predicted octanol–water partition coefficient (Wildman–Crippen LogP) is 4.96. The number of barbiturate groups is 1. The van der Waals surface area contributed by atoms with Crippen LogP contribution in [0.15, 0.2) is 60.2 Å². The van der Waals surface area contributed by atoms with Crippen molar-refractivity contribution in [1.29, 1.82) is 0 Å². The Morgan fingerprint density at radius 3 is 2.51 bits per heavy atom. The van der Waals surface area contributed by atoms with Crippen molar-refractivity contribution in [3.05, 3.63) is 87.4 Å². The molecule has 0 aliphatic carbocycles. The Morgan fingerprint density at radius 2 is 1.77 bits per heavy atom. The first-order valence-corrected chi connectivity index (χ1v) is 12.3. The van der Waals surface area contributed by atoms with Crippen LogP contribution >= 0.6 is 11.6 Å². The van der Waals surface area contributed by atoms with Crippen LogP contribution in [0, 0.1) is 20.8 Å². The maximum Gasteiger partial charge on any atom is 0.335 e. The van der Waals surface area contributed by atoms with Crippen LogP contribution in [-0.4, -0.2) is 37.5 Å². The zero-order chi connectivity index (χ0) is 28.3. The van der Waals surface area contributed by atoms with Gasteiger partial charge in [0, 0.05) is 10.7 Å². The molecule has 200 valence electrons. The molecule has 3 aromatic carbocycles. The molecule has 3 aromatic rings. The monoisotopic (exact) mass is 547 g/mol. The van der Waals surface area contributed by atoms with Crippen LogP contribution in [0.1, 0.15) is 22.3 Å². The molecule has 9 nitrogen and oxygen atoms in total. The van der Waals surface area contributed by atoms with Crippen LogP contribution in [0.25, 0.3) is 6.08 Å². The summed E-state index contributed by atoms with van der Waals surface area (Å²) in [7, 11) is 1.43. The minimum absolute atomic E-state index is 0.252. The Balaban J connectivity index is 1.53. The molecule has 1 aliphatic rings. The Kier molecular flexibility index (Phi) is 8.01. The van der Waals surface area contributed by atoms with Crippen molar-refractivity contribution in [2.24, 2.45) is 0 Å². The highest BCUT2D eigenvalue weighted by atomic mass is 35.5. The van der Waals surface area contributed by atoms with Gasteiger partial charge in [-0.15, -0.1) is 0 Å². The molecule has 0 spiro atoms. The van der Waals surface area contributed by atoms with Crippen molar-refractivity contribution in [1.82, 2.24) is 5.32 Å². The summed E-state index contributed by atoms with van der Waals surface area (Å²) >= 11 is 6.07. The van der Waals surface area contributed by atoms with Gasteiger partial charge in [-0.1, -0.05) is 35.9 Å². The molecule has 0 saturated carbocycles. The second-order valence-electron chi connectivity index (χ2n) is 8.88. The number of halogens is 1. The molecule has 1 saturated heterocycles. The standard InChI is InChI=1S/C29H26ClN3O6/c1-16-6-5-7-22(18(16)3)31-26(34)15-39-24-11-9-19(13-25(24)38-4)12-21-27(35)32-29(37)33(28(21)36)23-14-20(30)10-8-17(23)2/h5-14H,15H2,1-4H3,(H,31,34)(H,32,35,37)/b21-12+. The van der Waals surface area contributed by atoms with Crippen molar-refractivity contribution in [2.75, 3.05) is 23.9 Å². The molecule has 0 bridgehead atoms. The number of benzene rings is 3. The number of nitrogens with one attached hydrogen (secondary N) is 2. The van der Waals surface area contributed by atoms with Crippen molar-refractivity contribution < 1.29 is 28.7 Å². The number of anilines is 2. The number of imide groups is 2. The number of methoxy groups -OCH3 is 1. The molecule has 10 heteroatoms. The lowest BCUT2D eigenvalue weighted by Crippen LogP contribution is -2.54. The van der Waals surface area contributed by atoms with E-state index in [1.807, 2.05) is 32.0 Å². The van der Waals surface area contributed by atoms with E-state index >= 15 is 0 Å². The lowest BCUT2D eigenvalue weighted by Gasteiger charge is -2.27. The van der Waals surface area contributed by atoms with Gasteiger partial charge in [-0.25, -0.2) is 9.69 Å². The van der Waals surface area contributed by atoms with E-state index in [9.17, 15) is 19.2 Å². The highest BCUT2D eigenvalue weighted by Crippen LogP contribution is 2.31. The number of ether oxygens (including phenoxy) is 2. The fourth-order valence-corrected chi connectivity index (χ4v) is 4.14. The summed E-state index contributed by atoms with van der Waals surface area (Å²) in [5, 5.41) is 5.35. The van der Waals surface area contributed by atoms with Gasteiger partial charge in [-0.3, -0.25) is 19.7 Å². The summed E-state index contributed by atoms with van der Waals surface area (Å²) in [6.45, 7) is 5.34. The number of urea groups is 1. The molecular weight excluding hydrogens is 522 g/mol. The fraction of sp³-hybridized carbons (Fsp3) is 0.172. The summed E-state index contributed by atoms with van der Waals surface area (Å²) in [5.41, 5.74) is 3.80. The third-order valence-corrected chi connectivity index (χ3v) is 6.49. The second kappa shape index (κ2) is 11.4. The summed E-state index contributed by atoms with van der Waals surface area (Å²) in [4.78, 5) is 51.7. The van der Waals surface area contributed by atoms with Crippen LogP contribution in [0.5, 0.6) is 11.5 Å². The molecule has 39 heavy (non-hydrogen) atoms. The van der Waals surface area contributed by atoms with Gasteiger partial charge < -0.3 is 14.8 Å². The van der Waals surface area contributed by atoms with Crippen molar-refractivity contribution in [3.63, 3.8) is 0 Å². The average Bonchev–Trinajstić information content (AvgIpc) is 2.90. The number of carbonyl (C=O) groups excluding carboxylic acids is 4. The minimum Gasteiger partial charge on any atom is -0.493 e. The molecule has 0 aromatic heterocycles. The van der Waals surface area contributed by atoms with Gasteiger partial charge in [0.2, 0.25) is 0 Å². The third kappa shape index (κ3) is 5.94. The van der Waals surface area contributed by atoms with Gasteiger partial charge in [-0.2, -0.15) is 0 Å². The van der Waals surface area contributed by atoms with Gasteiger partial charge in [-0.05, 0) is 79.4 Å². The van der Waals surface area contributed by atoms with E-state index in [4.69, 9.17) is 21.1 Å². The Hall–Kier alpha value is -4.63. The first kappa shape index (κ1) is 27.4. The number of carbonyl (C=O) groups is 4. The quantitative estimate of drug-likeness (QED) is 0.319. The maximum atomic E-state index is 13.2. The minimum atomic E-state index is -0.868. The highest BCUT2D eigenvalue weighted by molar-refractivity contribution is 6.39. The molecule has 0 atom stereocenters. The molecule has 2 N–H and O–H groups in total. The molecule has 5 amide bonds. The lowest BCUT2D eigenvalue weighted by molar-refractivity contribution is -0.122. The van der Waals surface area contributed by atoms with Gasteiger partial charge in [0.25, 0.3) is 17.7 Å². The van der Waals surface area contributed by atoms with Gasteiger partial charge in [0.1, 0.15) is 5.57 Å². The van der Waals surface area contributed by atoms with E-state index in [1.165, 1.54) is 19.3 Å². The van der Waals surface area contributed by atoms with E-state index in [2.05, 4.69) is 10.6 Å². The third-order valence-electron chi connectivity index (χ3n) is 6.25. The molecule has 1 fully saturated rings. The molecule has 0 unspecified atom stereocenters. The highest BCUT2D eigenvalue weighted by Gasteiger charge is 2.37. The first-order chi connectivity index (χ1) is 18.6. The summed E-state index contributed by atoms with van der Waals surface area (Å²) in [5.74, 6) is -1.39. The Labute approximate surface area is 230 Å². The number of aryl methyl sites for hydroxylation is 2. The molecular formula is C29H26ClN3O6. The smallest absolute Gasteiger partial charge is 0.335 e. The molecule has 1 aliphatic heterocycles. The average molecular weight is 548 g/mol. The second-order valence-corrected chi connectivity index (χ2v) is 9.32. The molecule has 1 heterocycles. The van der Waals surface area contributed by atoms with E-state index in [1.54, 1.807) is 37.3 Å². The van der Waals surface area contributed by atoms with Crippen molar-refractivity contribution in [2.45, 2.75) is 20.8 Å². The largest absolute Gasteiger partial charge is 0.493 e. The van der Waals surface area contributed by atoms with Crippen LogP contribution in [-0.2, 0) is 14.4 Å². The fourth-order valence-electron chi connectivity index (χ4n) is 3.98. The van der Waals surface area contributed by atoms with Crippen LogP contribution in [0.2, 0.25) is 5.02 Å². The van der Waals surface area contributed by atoms with Gasteiger partial charge in [0.05, 0.1) is 12.8 Å². The number of hydrogen-bond acceptors (Lipinski definition) is 6. The van der Waals surface area contributed by atoms with Crippen molar-refractivity contribution in [3.8, 4) is 11.5 Å². The van der Waals surface area contributed by atoms with Gasteiger partial charge in [0.15, 0.2) is 18.1 Å². The Morgan fingerprint density at radius 1 is 1.00 bits per heavy atom. The lowest BCUT2D eigenvalue weighted by atomic mass is 10.1. The van der Waals surface area contributed by atoms with Crippen LogP contribution in [0.4, 0.5) is 16.2 Å². The number of rotatable bonds is 7. The van der Waals surface area contributed by atoms with Crippen LogP contribution < -0.4 is 25.0 Å². The summed E-state index contributed by atoms with van der Waals surface area (Å²) < 4.78 is 11.1. The molecule has 0 radical (unpaired) electrons. The summed E-state index contributed by atoms with van der Waals surface area (Å²) in [6, 6.07) is 14.3. The number of hydrogen-bond donors (Lipinski definition) is 2. The zero-order valence-electron chi connectivity index (χ0n) is 21.8. The SMILES string of the molecule is COc1cc(/C=C2\C(=O)NC(=O)N(c3cc(Cl)ccc3C)C2=O)ccc1OCC(=O)Nc1cccc(C)c1C. The topological polar surface area (TPSA) is 114 Å². The Bertz CT molecular complexity index is 1530. The van der Waals surface area contributed by atoms with Crippen LogP contribution in [0.3, 0.4) is 0 Å². The van der Waals surface area contributed by atoms with E-state index < -0.39 is 17.8 Å². The predicted molar refractivity (Wildman–Crippen MR) is 148 cm³/mol. The first-order valence-electron chi connectivity index (χ1n) is 11.9. The van der Waals surface area contributed by atoms with Crippen molar-refractivity contribution >= 4 is 52.8 Å².